The number of hydrogen-bond donors (Lipinski definition) is 0. The van der Waals surface area contributed by atoms with E-state index in [9.17, 15) is 9.59 Å². The molecule has 0 saturated heterocycles. The van der Waals surface area contributed by atoms with Gasteiger partial charge in [-0.1, -0.05) is 119 Å². The molecule has 0 fully saturated rings. The molecule has 0 aliphatic carbocycles. The van der Waals surface area contributed by atoms with Gasteiger partial charge in [0, 0.05) is 23.7 Å². The molecule has 2 aromatic carbocycles. The lowest BCUT2D eigenvalue weighted by atomic mass is 10.1. The minimum atomic E-state index is -1.00. The second-order valence-electron chi connectivity index (χ2n) is 10.0. The summed E-state index contributed by atoms with van der Waals surface area (Å²) in [7, 11) is 0. The topological polar surface area (TPSA) is 78.4 Å². The van der Waals surface area contributed by atoms with Gasteiger partial charge in [0.05, 0.1) is 5.56 Å². The number of thioether (sulfide) groups is 1. The summed E-state index contributed by atoms with van der Waals surface area (Å²) >= 11 is 1.70. The molecule has 0 unspecified atom stereocenters. The lowest BCUT2D eigenvalue weighted by Crippen LogP contribution is -2.26. The summed E-state index contributed by atoms with van der Waals surface area (Å²) in [6.45, 7) is 3.90. The summed E-state index contributed by atoms with van der Waals surface area (Å²) in [5.74, 6) is -0.131. The van der Waals surface area contributed by atoms with E-state index in [0.717, 1.165) is 27.6 Å². The lowest BCUT2D eigenvalue weighted by molar-refractivity contribution is -0.154. The van der Waals surface area contributed by atoms with E-state index in [2.05, 4.69) is 16.9 Å². The largest absolute Gasteiger partial charge is 0.458 e. The van der Waals surface area contributed by atoms with E-state index in [0.29, 0.717) is 5.56 Å². The van der Waals surface area contributed by atoms with Gasteiger partial charge < -0.3 is 9.47 Å². The van der Waals surface area contributed by atoms with Crippen molar-refractivity contribution in [1.29, 1.82) is 0 Å². The van der Waals surface area contributed by atoms with Crippen LogP contribution in [0.15, 0.2) is 72.1 Å². The highest BCUT2D eigenvalue weighted by molar-refractivity contribution is 7.99. The normalized spacial score (nSPS) is 11.7. The van der Waals surface area contributed by atoms with E-state index in [1.807, 2.05) is 54.9 Å². The van der Waals surface area contributed by atoms with Gasteiger partial charge in [-0.15, -0.1) is 0 Å². The van der Waals surface area contributed by atoms with Crippen LogP contribution in [0, 0.1) is 0 Å². The van der Waals surface area contributed by atoms with Crippen LogP contribution in [0.4, 0.5) is 0 Å². The number of carbonyl (C=O) groups excluding carboxylic acids is 2. The van der Waals surface area contributed by atoms with Crippen LogP contribution in [0.1, 0.15) is 94.0 Å². The molecule has 40 heavy (non-hydrogen) atoms. The average molecular weight is 563 g/mol. The molecule has 0 radical (unpaired) electrons. The van der Waals surface area contributed by atoms with Crippen LogP contribution < -0.4 is 0 Å². The lowest BCUT2D eigenvalue weighted by Gasteiger charge is -2.13. The number of benzene rings is 2. The van der Waals surface area contributed by atoms with E-state index < -0.39 is 18.0 Å². The van der Waals surface area contributed by atoms with Crippen LogP contribution in [0.25, 0.3) is 11.1 Å². The number of esters is 2. The SMILES string of the molecule is CCCCCCCCCCCCSc1ncc(-c2ccc(C(=O)O[C@@H](C)C(=O)OCc3ccccc3)cc2)cn1. The van der Waals surface area contributed by atoms with Crippen molar-refractivity contribution < 1.29 is 19.1 Å². The fourth-order valence-corrected chi connectivity index (χ4v) is 5.00. The zero-order valence-electron chi connectivity index (χ0n) is 23.8. The van der Waals surface area contributed by atoms with Gasteiger partial charge in [0.25, 0.3) is 0 Å². The number of ether oxygens (including phenoxy) is 2. The van der Waals surface area contributed by atoms with Gasteiger partial charge in [0.1, 0.15) is 6.61 Å². The first kappa shape index (κ1) is 31.3. The third kappa shape index (κ3) is 11.5. The van der Waals surface area contributed by atoms with E-state index in [1.54, 1.807) is 23.9 Å². The second-order valence-corrected chi connectivity index (χ2v) is 11.1. The summed E-state index contributed by atoms with van der Waals surface area (Å²) in [5, 5.41) is 0.785. The third-order valence-corrected chi connectivity index (χ3v) is 7.61. The molecule has 3 rings (SSSR count). The molecule has 0 aliphatic rings. The Kier molecular flexibility index (Phi) is 14.3. The standard InChI is InChI=1S/C33H42N2O4S/c1-3-4-5-6-7-8-9-10-11-15-22-40-33-34-23-30(24-35-33)28-18-20-29(21-19-28)32(37)39-26(2)31(36)38-25-27-16-13-12-14-17-27/h12-14,16-21,23-24,26H,3-11,15,22,25H2,1-2H3/t26-/m0/s1. The Balaban J connectivity index is 1.34. The minimum Gasteiger partial charge on any atom is -0.458 e. The van der Waals surface area contributed by atoms with Crippen molar-refractivity contribution in [2.24, 2.45) is 0 Å². The molecule has 0 amide bonds. The second kappa shape index (κ2) is 18.2. The number of nitrogens with zero attached hydrogens (tertiary/aromatic N) is 2. The van der Waals surface area contributed by atoms with Gasteiger partial charge in [-0.2, -0.15) is 0 Å². The first-order chi connectivity index (χ1) is 19.6. The Morgan fingerprint density at radius 3 is 2.00 bits per heavy atom. The molecular weight excluding hydrogens is 520 g/mol. The van der Waals surface area contributed by atoms with Crippen LogP contribution >= 0.6 is 11.8 Å². The molecular formula is C33H42N2O4S. The Morgan fingerprint density at radius 2 is 1.38 bits per heavy atom. The Bertz CT molecular complexity index is 1140. The zero-order chi connectivity index (χ0) is 28.4. The molecule has 1 atom stereocenters. The van der Waals surface area contributed by atoms with Gasteiger partial charge in [-0.25, -0.2) is 19.6 Å². The van der Waals surface area contributed by atoms with Crippen molar-refractivity contribution >= 4 is 23.7 Å². The highest BCUT2D eigenvalue weighted by Gasteiger charge is 2.20. The molecule has 0 spiro atoms. The van der Waals surface area contributed by atoms with Gasteiger partial charge >= 0.3 is 11.9 Å². The maximum atomic E-state index is 12.5. The fourth-order valence-electron chi connectivity index (χ4n) is 4.21. The Labute approximate surface area is 243 Å². The van der Waals surface area contributed by atoms with Crippen molar-refractivity contribution in [3.8, 4) is 11.1 Å². The van der Waals surface area contributed by atoms with E-state index >= 15 is 0 Å². The number of carbonyl (C=O) groups is 2. The predicted molar refractivity (Wildman–Crippen MR) is 161 cm³/mol. The Hall–Kier alpha value is -3.19. The van der Waals surface area contributed by atoms with Crippen LogP contribution in [0.3, 0.4) is 0 Å². The third-order valence-electron chi connectivity index (χ3n) is 6.65. The first-order valence-corrected chi connectivity index (χ1v) is 15.5. The number of rotatable bonds is 18. The average Bonchev–Trinajstić information content (AvgIpc) is 2.99. The molecule has 214 valence electrons. The maximum absolute atomic E-state index is 12.5. The highest BCUT2D eigenvalue weighted by Crippen LogP contribution is 2.22. The number of aromatic nitrogens is 2. The molecule has 0 saturated carbocycles. The van der Waals surface area contributed by atoms with Crippen LogP contribution in [-0.4, -0.2) is 33.8 Å². The molecule has 3 aromatic rings. The summed E-state index contributed by atoms with van der Waals surface area (Å²) < 4.78 is 10.5. The maximum Gasteiger partial charge on any atom is 0.347 e. The molecule has 1 heterocycles. The Morgan fingerprint density at radius 1 is 0.775 bits per heavy atom. The quantitative estimate of drug-likeness (QED) is 0.0666. The van der Waals surface area contributed by atoms with Crippen molar-refractivity contribution in [3.05, 3.63) is 78.1 Å². The molecule has 7 heteroatoms. The van der Waals surface area contributed by atoms with Gasteiger partial charge in [-0.05, 0) is 36.6 Å². The fraction of sp³-hybridized carbons (Fsp3) is 0.455. The zero-order valence-corrected chi connectivity index (χ0v) is 24.7. The van der Waals surface area contributed by atoms with Crippen LogP contribution in [0.5, 0.6) is 0 Å². The summed E-state index contributed by atoms with van der Waals surface area (Å²) in [6.07, 6.45) is 15.9. The van der Waals surface area contributed by atoms with Crippen molar-refractivity contribution in [1.82, 2.24) is 9.97 Å². The van der Waals surface area contributed by atoms with Crippen LogP contribution in [-0.2, 0) is 20.9 Å². The summed E-state index contributed by atoms with van der Waals surface area (Å²) in [5.41, 5.74) is 3.00. The molecule has 0 bridgehead atoms. The molecule has 0 aliphatic heterocycles. The molecule has 0 N–H and O–H groups in total. The van der Waals surface area contributed by atoms with E-state index in [-0.39, 0.29) is 6.61 Å². The van der Waals surface area contributed by atoms with Gasteiger partial charge in [0.2, 0.25) is 0 Å². The van der Waals surface area contributed by atoms with Gasteiger partial charge in [0.15, 0.2) is 11.3 Å². The van der Waals surface area contributed by atoms with E-state index in [4.69, 9.17) is 9.47 Å². The highest BCUT2D eigenvalue weighted by atomic mass is 32.2. The van der Waals surface area contributed by atoms with Crippen molar-refractivity contribution in [2.75, 3.05) is 5.75 Å². The smallest absolute Gasteiger partial charge is 0.347 e. The molecule has 6 nitrogen and oxygen atoms in total. The van der Waals surface area contributed by atoms with Gasteiger partial charge in [-0.3, -0.25) is 0 Å². The number of hydrogen-bond acceptors (Lipinski definition) is 7. The van der Waals surface area contributed by atoms with Crippen molar-refractivity contribution in [2.45, 2.75) is 95.9 Å². The minimum absolute atomic E-state index is 0.134. The first-order valence-electron chi connectivity index (χ1n) is 14.5. The van der Waals surface area contributed by atoms with Crippen LogP contribution in [0.2, 0.25) is 0 Å². The van der Waals surface area contributed by atoms with Crippen molar-refractivity contribution in [3.63, 3.8) is 0 Å². The summed E-state index contributed by atoms with van der Waals surface area (Å²) in [6, 6.07) is 16.4. The summed E-state index contributed by atoms with van der Waals surface area (Å²) in [4.78, 5) is 33.7. The monoisotopic (exact) mass is 562 g/mol. The molecule has 1 aromatic heterocycles. The predicted octanol–water partition coefficient (Wildman–Crippen LogP) is 8.45. The van der Waals surface area contributed by atoms with E-state index in [1.165, 1.54) is 71.1 Å². The number of unbranched alkanes of at least 4 members (excludes halogenated alkanes) is 9.